The summed E-state index contributed by atoms with van der Waals surface area (Å²) in [5, 5.41) is 2.85. The molecule has 0 radical (unpaired) electrons. The van der Waals surface area contributed by atoms with Crippen LogP contribution in [0.3, 0.4) is 0 Å². The van der Waals surface area contributed by atoms with E-state index in [1.807, 2.05) is 25.1 Å². The Morgan fingerprint density at radius 3 is 2.26 bits per heavy atom. The van der Waals surface area contributed by atoms with E-state index in [1.165, 1.54) is 23.4 Å². The van der Waals surface area contributed by atoms with E-state index in [2.05, 4.69) is 10.2 Å². The average molecular weight is 369 g/mol. The van der Waals surface area contributed by atoms with Gasteiger partial charge < -0.3 is 10.2 Å². The van der Waals surface area contributed by atoms with Gasteiger partial charge >= 0.3 is 0 Å². The first kappa shape index (κ1) is 18.0. The van der Waals surface area contributed by atoms with E-state index in [-0.39, 0.29) is 36.1 Å². The van der Waals surface area contributed by atoms with Crippen LogP contribution in [-0.4, -0.2) is 42.3 Å². The summed E-state index contributed by atoms with van der Waals surface area (Å²) in [5.41, 5.74) is 3.03. The Hall–Kier alpha value is -2.37. The molecule has 3 aliphatic rings. The zero-order valence-corrected chi connectivity index (χ0v) is 15.9. The molecule has 1 aromatic carbocycles. The first-order valence-corrected chi connectivity index (χ1v) is 10.1. The van der Waals surface area contributed by atoms with Crippen molar-refractivity contribution in [2.75, 3.05) is 29.9 Å². The molecular formula is C21H27N3O3. The number of anilines is 2. The van der Waals surface area contributed by atoms with Gasteiger partial charge in [-0.05, 0) is 56.4 Å². The van der Waals surface area contributed by atoms with Gasteiger partial charge in [0.05, 0.1) is 11.8 Å². The summed E-state index contributed by atoms with van der Waals surface area (Å²) in [6.07, 6.45) is 5.95. The fourth-order valence-electron chi connectivity index (χ4n) is 4.78. The molecule has 144 valence electrons. The average Bonchev–Trinajstić information content (AvgIpc) is 3.26. The second kappa shape index (κ2) is 7.33. The number of nitrogens with zero attached hydrogens (tertiary/aromatic N) is 2. The lowest BCUT2D eigenvalue weighted by atomic mass is 9.81. The van der Waals surface area contributed by atoms with Crippen molar-refractivity contribution in [3.05, 3.63) is 23.8 Å². The number of nitrogens with one attached hydrogen (secondary N) is 1. The third kappa shape index (κ3) is 3.45. The molecule has 4 rings (SSSR count). The summed E-state index contributed by atoms with van der Waals surface area (Å²) in [4.78, 5) is 41.0. The molecule has 1 saturated carbocycles. The van der Waals surface area contributed by atoms with Gasteiger partial charge in [0, 0.05) is 24.5 Å². The zero-order valence-electron chi connectivity index (χ0n) is 15.9. The van der Waals surface area contributed by atoms with Gasteiger partial charge in [-0.1, -0.05) is 12.8 Å². The summed E-state index contributed by atoms with van der Waals surface area (Å²) in [7, 11) is 0. The van der Waals surface area contributed by atoms with Crippen LogP contribution in [0.4, 0.5) is 11.4 Å². The Morgan fingerprint density at radius 1 is 1.04 bits per heavy atom. The van der Waals surface area contributed by atoms with Gasteiger partial charge in [-0.15, -0.1) is 0 Å². The van der Waals surface area contributed by atoms with Crippen molar-refractivity contribution in [3.63, 3.8) is 0 Å². The maximum atomic E-state index is 12.5. The summed E-state index contributed by atoms with van der Waals surface area (Å²) in [5.74, 6) is -1.06. The molecule has 2 heterocycles. The van der Waals surface area contributed by atoms with E-state index in [1.54, 1.807) is 0 Å². The molecule has 0 bridgehead atoms. The zero-order chi connectivity index (χ0) is 19.0. The quantitative estimate of drug-likeness (QED) is 0.829. The first-order valence-electron chi connectivity index (χ1n) is 10.1. The van der Waals surface area contributed by atoms with Gasteiger partial charge in [-0.25, -0.2) is 0 Å². The smallest absolute Gasteiger partial charge is 0.244 e. The van der Waals surface area contributed by atoms with Gasteiger partial charge in [0.15, 0.2) is 0 Å². The molecule has 6 nitrogen and oxygen atoms in total. The lowest BCUT2D eigenvalue weighted by Gasteiger charge is -2.21. The predicted octanol–water partition coefficient (Wildman–Crippen LogP) is 2.71. The number of carbonyl (C=O) groups excluding carboxylic acids is 3. The van der Waals surface area contributed by atoms with Gasteiger partial charge in [-0.2, -0.15) is 0 Å². The van der Waals surface area contributed by atoms with Gasteiger partial charge in [0.25, 0.3) is 0 Å². The van der Waals surface area contributed by atoms with Crippen LogP contribution in [-0.2, 0) is 14.4 Å². The lowest BCUT2D eigenvalue weighted by Crippen LogP contribution is -2.38. The predicted molar refractivity (Wildman–Crippen MR) is 103 cm³/mol. The minimum absolute atomic E-state index is 0.166. The number of benzene rings is 1. The van der Waals surface area contributed by atoms with E-state index in [9.17, 15) is 14.4 Å². The molecule has 27 heavy (non-hydrogen) atoms. The molecule has 2 atom stereocenters. The third-order valence-electron chi connectivity index (χ3n) is 6.16. The highest BCUT2D eigenvalue weighted by molar-refractivity contribution is 6.08. The van der Waals surface area contributed by atoms with Crippen molar-refractivity contribution in [1.82, 2.24) is 4.90 Å². The number of carbonyl (C=O) groups is 3. The van der Waals surface area contributed by atoms with Crippen molar-refractivity contribution in [2.45, 2.75) is 45.4 Å². The van der Waals surface area contributed by atoms with Crippen molar-refractivity contribution >= 4 is 29.1 Å². The van der Waals surface area contributed by atoms with Crippen molar-refractivity contribution in [1.29, 1.82) is 0 Å². The molecule has 3 fully saturated rings. The summed E-state index contributed by atoms with van der Waals surface area (Å²) >= 11 is 0. The summed E-state index contributed by atoms with van der Waals surface area (Å²) in [6, 6.07) is 5.89. The van der Waals surface area contributed by atoms with Crippen LogP contribution in [0.2, 0.25) is 0 Å². The second-order valence-corrected chi connectivity index (χ2v) is 8.00. The third-order valence-corrected chi connectivity index (χ3v) is 6.16. The lowest BCUT2D eigenvalue weighted by molar-refractivity contribution is -0.142. The number of amides is 3. The number of rotatable bonds is 4. The molecule has 2 saturated heterocycles. The van der Waals surface area contributed by atoms with Crippen LogP contribution < -0.4 is 10.2 Å². The Labute approximate surface area is 159 Å². The van der Waals surface area contributed by atoms with Crippen LogP contribution in [0.15, 0.2) is 18.2 Å². The highest BCUT2D eigenvalue weighted by Crippen LogP contribution is 2.37. The van der Waals surface area contributed by atoms with Crippen LogP contribution in [0, 0.1) is 18.8 Å². The Morgan fingerprint density at radius 2 is 1.67 bits per heavy atom. The molecule has 3 amide bonds. The normalized spacial score (nSPS) is 25.1. The van der Waals surface area contributed by atoms with E-state index < -0.39 is 0 Å². The first-order chi connectivity index (χ1) is 13.0. The van der Waals surface area contributed by atoms with Crippen LogP contribution in [0.25, 0.3) is 0 Å². The van der Waals surface area contributed by atoms with Gasteiger partial charge in [-0.3, -0.25) is 19.3 Å². The minimum atomic E-state index is -0.316. The number of hydrogen-bond acceptors (Lipinski definition) is 4. The molecule has 1 N–H and O–H groups in total. The molecule has 1 aliphatic carbocycles. The maximum Gasteiger partial charge on any atom is 0.244 e. The number of hydrogen-bond donors (Lipinski definition) is 1. The fraction of sp³-hybridized carbons (Fsp3) is 0.571. The Kier molecular flexibility index (Phi) is 4.89. The van der Waals surface area contributed by atoms with Crippen molar-refractivity contribution in [3.8, 4) is 0 Å². The number of aryl methyl sites for hydroxylation is 1. The Balaban J connectivity index is 1.40. The second-order valence-electron chi connectivity index (χ2n) is 8.00. The van der Waals surface area contributed by atoms with E-state index >= 15 is 0 Å². The van der Waals surface area contributed by atoms with Gasteiger partial charge in [0.1, 0.15) is 6.54 Å². The topological polar surface area (TPSA) is 69.7 Å². The van der Waals surface area contributed by atoms with E-state index in [0.29, 0.717) is 5.69 Å². The molecular weight excluding hydrogens is 342 g/mol. The Bertz CT molecular complexity index is 746. The summed E-state index contributed by atoms with van der Waals surface area (Å²) in [6.45, 7) is 4.02. The molecule has 2 aliphatic heterocycles. The number of imide groups is 1. The minimum Gasteiger partial charge on any atom is -0.371 e. The molecule has 6 heteroatoms. The molecule has 1 aromatic rings. The maximum absolute atomic E-state index is 12.5. The van der Waals surface area contributed by atoms with Crippen LogP contribution in [0.1, 0.15) is 44.1 Å². The summed E-state index contributed by atoms with van der Waals surface area (Å²) < 4.78 is 0. The SMILES string of the molecule is Cc1cc(NC(=O)CN2C(=O)C3CCCCC3C2=O)ccc1N1CCCC1. The largest absolute Gasteiger partial charge is 0.371 e. The molecule has 2 unspecified atom stereocenters. The molecule has 0 spiro atoms. The van der Waals surface area contributed by atoms with Crippen molar-refractivity contribution in [2.24, 2.45) is 11.8 Å². The standard InChI is InChI=1S/C21H27N3O3/c1-14-12-15(8-9-18(14)23-10-4-5-11-23)22-19(25)13-24-20(26)16-6-2-3-7-17(16)21(24)27/h8-9,12,16-17H,2-7,10-11,13H2,1H3,(H,22,25). The fourth-order valence-corrected chi connectivity index (χ4v) is 4.78. The highest BCUT2D eigenvalue weighted by atomic mass is 16.2. The van der Waals surface area contributed by atoms with E-state index in [0.717, 1.165) is 44.3 Å². The highest BCUT2D eigenvalue weighted by Gasteiger charge is 2.48. The van der Waals surface area contributed by atoms with Crippen molar-refractivity contribution < 1.29 is 14.4 Å². The van der Waals surface area contributed by atoms with Crippen LogP contribution >= 0.6 is 0 Å². The number of fused-ring (bicyclic) bond motifs is 1. The van der Waals surface area contributed by atoms with Gasteiger partial charge in [0.2, 0.25) is 17.7 Å². The van der Waals surface area contributed by atoms with E-state index in [4.69, 9.17) is 0 Å². The molecule has 0 aromatic heterocycles. The van der Waals surface area contributed by atoms with Crippen LogP contribution in [0.5, 0.6) is 0 Å². The number of likely N-dealkylation sites (tertiary alicyclic amines) is 1. The monoisotopic (exact) mass is 369 g/mol.